The monoisotopic (exact) mass is 604 g/mol. The zero-order valence-electron chi connectivity index (χ0n) is 25.2. The number of hydrogen-bond acceptors (Lipinski definition) is 3. The lowest BCUT2D eigenvalue weighted by Crippen LogP contribution is -2.23. The molecule has 0 radical (unpaired) electrons. The van der Waals surface area contributed by atoms with E-state index in [0.717, 1.165) is 49.9 Å². The van der Waals surface area contributed by atoms with Gasteiger partial charge in [-0.3, -0.25) is 0 Å². The normalized spacial score (nSPS) is 12.0. The van der Waals surface area contributed by atoms with Crippen molar-refractivity contribution in [2.45, 2.75) is 0 Å². The van der Waals surface area contributed by atoms with E-state index in [1.807, 2.05) is 18.2 Å². The SMILES string of the molecule is N#C/C(=C\C=C\c1ccc2c(c1)c1ccccc1n2-c1ccc(-c2ccc(-n3c4ccccc4c4ccccc43)cc2)cc1)C(=O)[O-]. The third kappa shape index (κ3) is 4.77. The maximum absolute atomic E-state index is 11.0. The molecule has 5 nitrogen and oxygen atoms in total. The van der Waals surface area contributed by atoms with Gasteiger partial charge in [-0.2, -0.15) is 5.26 Å². The number of carbonyl (C=O) groups excluding carboxylic acids is 1. The first-order chi connectivity index (χ1) is 23.1. The van der Waals surface area contributed by atoms with Crippen molar-refractivity contribution in [3.8, 4) is 28.6 Å². The van der Waals surface area contributed by atoms with Crippen LogP contribution < -0.4 is 5.11 Å². The van der Waals surface area contributed by atoms with Crippen LogP contribution in [0.15, 0.2) is 157 Å². The summed E-state index contributed by atoms with van der Waals surface area (Å²) in [4.78, 5) is 11.0. The molecular formula is C42H26N3O2-. The Morgan fingerprint density at radius 1 is 0.574 bits per heavy atom. The second-order valence-electron chi connectivity index (χ2n) is 11.4. The van der Waals surface area contributed by atoms with Crippen molar-refractivity contribution in [1.82, 2.24) is 9.13 Å². The lowest BCUT2D eigenvalue weighted by molar-refractivity contribution is -0.298. The van der Waals surface area contributed by atoms with Crippen molar-refractivity contribution in [2.75, 3.05) is 0 Å². The third-order valence-corrected chi connectivity index (χ3v) is 8.75. The van der Waals surface area contributed by atoms with Gasteiger partial charge in [0, 0.05) is 32.9 Å². The molecular weight excluding hydrogens is 578 g/mol. The van der Waals surface area contributed by atoms with E-state index in [9.17, 15) is 9.90 Å². The third-order valence-electron chi connectivity index (χ3n) is 8.75. The van der Waals surface area contributed by atoms with E-state index in [2.05, 4.69) is 130 Å². The lowest BCUT2D eigenvalue weighted by atomic mass is 10.0. The molecule has 0 amide bonds. The number of allylic oxidation sites excluding steroid dienone is 2. The number of nitrogens with zero attached hydrogens (tertiary/aromatic N) is 3. The fraction of sp³-hybridized carbons (Fsp3) is 0. The Morgan fingerprint density at radius 2 is 1.02 bits per heavy atom. The lowest BCUT2D eigenvalue weighted by Gasteiger charge is -2.11. The molecule has 0 saturated carbocycles. The number of carbonyl (C=O) groups is 1. The zero-order chi connectivity index (χ0) is 31.9. The van der Waals surface area contributed by atoms with E-state index in [1.54, 1.807) is 18.2 Å². The second-order valence-corrected chi connectivity index (χ2v) is 11.4. The van der Waals surface area contributed by atoms with Gasteiger partial charge in [0.05, 0.1) is 33.6 Å². The minimum atomic E-state index is -1.49. The Hall–Kier alpha value is -6.64. The number of carboxylic acid groups (broad SMARTS) is 1. The van der Waals surface area contributed by atoms with Gasteiger partial charge in [0.2, 0.25) is 0 Å². The van der Waals surface area contributed by atoms with Gasteiger partial charge in [-0.05, 0) is 77.4 Å². The summed E-state index contributed by atoms with van der Waals surface area (Å²) in [6.45, 7) is 0. The van der Waals surface area contributed by atoms with Crippen molar-refractivity contribution in [2.24, 2.45) is 0 Å². The highest BCUT2D eigenvalue weighted by Crippen LogP contribution is 2.35. The van der Waals surface area contributed by atoms with Crippen LogP contribution in [0.2, 0.25) is 0 Å². The van der Waals surface area contributed by atoms with Crippen molar-refractivity contribution in [1.29, 1.82) is 5.26 Å². The van der Waals surface area contributed by atoms with Crippen LogP contribution in [0, 0.1) is 11.3 Å². The number of rotatable bonds is 6. The van der Waals surface area contributed by atoms with Crippen molar-refractivity contribution < 1.29 is 9.90 Å². The standard InChI is InChI=1S/C42H27N3O2/c43-27-31(42(46)47)9-7-8-28-16-25-41-37(26-28)36-12-3-6-15-40(36)45(41)33-23-19-30(20-24-33)29-17-21-32(22-18-29)44-38-13-4-1-10-34(38)35-11-2-5-14-39(35)44/h1-26H,(H,46,47)/p-1/b8-7+,31-9+. The molecule has 2 heterocycles. The van der Waals surface area contributed by atoms with Crippen LogP contribution in [0.3, 0.4) is 0 Å². The van der Waals surface area contributed by atoms with Crippen LogP contribution in [-0.4, -0.2) is 15.1 Å². The number of fused-ring (bicyclic) bond motifs is 6. The first kappa shape index (κ1) is 27.9. The quantitative estimate of drug-likeness (QED) is 0.108. The van der Waals surface area contributed by atoms with Gasteiger partial charge in [-0.15, -0.1) is 0 Å². The molecule has 0 fully saturated rings. The first-order valence-electron chi connectivity index (χ1n) is 15.3. The number of hydrogen-bond donors (Lipinski definition) is 0. The fourth-order valence-electron chi connectivity index (χ4n) is 6.59. The summed E-state index contributed by atoms with van der Waals surface area (Å²) in [7, 11) is 0. The number of benzene rings is 6. The second kappa shape index (κ2) is 11.4. The van der Waals surface area contributed by atoms with Gasteiger partial charge < -0.3 is 19.0 Å². The molecule has 0 aliphatic carbocycles. The molecule has 222 valence electrons. The Bertz CT molecular complexity index is 2540. The Kier molecular flexibility index (Phi) is 6.75. The molecule has 6 aromatic carbocycles. The molecule has 2 aromatic heterocycles. The highest BCUT2D eigenvalue weighted by Gasteiger charge is 2.14. The minimum absolute atomic E-state index is 0.415. The van der Waals surface area contributed by atoms with E-state index in [4.69, 9.17) is 5.26 Å². The van der Waals surface area contributed by atoms with E-state index in [1.165, 1.54) is 27.9 Å². The van der Waals surface area contributed by atoms with Crippen LogP contribution in [0.25, 0.3) is 72.2 Å². The zero-order valence-corrected chi connectivity index (χ0v) is 25.2. The van der Waals surface area contributed by atoms with Gasteiger partial charge >= 0.3 is 0 Å². The summed E-state index contributed by atoms with van der Waals surface area (Å²) in [5.74, 6) is -1.49. The summed E-state index contributed by atoms with van der Waals surface area (Å²) in [5.41, 5.74) is 9.49. The minimum Gasteiger partial charge on any atom is -0.544 e. The summed E-state index contributed by atoms with van der Waals surface area (Å²) in [5, 5.41) is 24.7. The molecule has 8 rings (SSSR count). The fourth-order valence-corrected chi connectivity index (χ4v) is 6.59. The molecule has 0 spiro atoms. The van der Waals surface area contributed by atoms with E-state index in [0.29, 0.717) is 0 Å². The molecule has 0 saturated heterocycles. The van der Waals surface area contributed by atoms with Crippen LogP contribution in [-0.2, 0) is 4.79 Å². The predicted octanol–water partition coefficient (Wildman–Crippen LogP) is 8.76. The first-order valence-corrected chi connectivity index (χ1v) is 15.3. The van der Waals surface area contributed by atoms with E-state index in [-0.39, 0.29) is 0 Å². The molecule has 0 unspecified atom stereocenters. The largest absolute Gasteiger partial charge is 0.544 e. The van der Waals surface area contributed by atoms with Crippen LogP contribution >= 0.6 is 0 Å². The number of nitriles is 1. The van der Waals surface area contributed by atoms with Gasteiger partial charge in [0.15, 0.2) is 0 Å². The topological polar surface area (TPSA) is 73.8 Å². The maximum Gasteiger partial charge on any atom is 0.101 e. The highest BCUT2D eigenvalue weighted by atomic mass is 16.4. The van der Waals surface area contributed by atoms with Gasteiger partial charge in [0.25, 0.3) is 0 Å². The number of aromatic nitrogens is 2. The molecule has 0 aliphatic heterocycles. The van der Waals surface area contributed by atoms with Crippen LogP contribution in [0.1, 0.15) is 5.56 Å². The van der Waals surface area contributed by atoms with Crippen molar-refractivity contribution >= 4 is 55.7 Å². The summed E-state index contributed by atoms with van der Waals surface area (Å²) >= 11 is 0. The average Bonchev–Trinajstić information content (AvgIpc) is 3.63. The summed E-state index contributed by atoms with van der Waals surface area (Å²) in [6, 6.07) is 50.6. The predicted molar refractivity (Wildman–Crippen MR) is 188 cm³/mol. The number of para-hydroxylation sites is 3. The Balaban J connectivity index is 1.14. The molecule has 8 aromatic rings. The number of aliphatic carboxylic acids is 1. The van der Waals surface area contributed by atoms with Crippen molar-refractivity contribution in [3.05, 3.63) is 163 Å². The molecule has 47 heavy (non-hydrogen) atoms. The average molecular weight is 605 g/mol. The van der Waals surface area contributed by atoms with Gasteiger partial charge in [-0.25, -0.2) is 0 Å². The van der Waals surface area contributed by atoms with E-state index < -0.39 is 11.5 Å². The van der Waals surface area contributed by atoms with Gasteiger partial charge in [0.1, 0.15) is 6.07 Å². The van der Waals surface area contributed by atoms with Crippen LogP contribution in [0.5, 0.6) is 0 Å². The summed E-state index contributed by atoms with van der Waals surface area (Å²) in [6.07, 6.45) is 4.60. The molecule has 0 bridgehead atoms. The molecule has 0 N–H and O–H groups in total. The Morgan fingerprint density at radius 3 is 1.49 bits per heavy atom. The van der Waals surface area contributed by atoms with E-state index >= 15 is 0 Å². The van der Waals surface area contributed by atoms with Gasteiger partial charge in [-0.1, -0.05) is 97.1 Å². The maximum atomic E-state index is 11.0. The van der Waals surface area contributed by atoms with Crippen molar-refractivity contribution in [3.63, 3.8) is 0 Å². The molecule has 0 atom stereocenters. The Labute approximate surface area is 270 Å². The smallest absolute Gasteiger partial charge is 0.101 e. The highest BCUT2D eigenvalue weighted by molar-refractivity contribution is 6.10. The number of carboxylic acids is 1. The molecule has 5 heteroatoms. The summed E-state index contributed by atoms with van der Waals surface area (Å²) < 4.78 is 4.59. The van der Waals surface area contributed by atoms with Crippen LogP contribution in [0.4, 0.5) is 0 Å². The molecule has 0 aliphatic rings.